The smallest absolute Gasteiger partial charge is 0.0295 e. The van der Waals surface area contributed by atoms with Crippen LogP contribution in [-0.2, 0) is 0 Å². The number of hydrogen-bond donors (Lipinski definition) is 2. The van der Waals surface area contributed by atoms with Crippen molar-refractivity contribution in [2.75, 3.05) is 0 Å². The first-order chi connectivity index (χ1) is 5.25. The Morgan fingerprint density at radius 2 is 1.91 bits per heavy atom. The maximum Gasteiger partial charge on any atom is 0.0295 e. The molecule has 0 saturated heterocycles. The van der Waals surface area contributed by atoms with Gasteiger partial charge in [0, 0.05) is 6.04 Å². The van der Waals surface area contributed by atoms with Crippen LogP contribution in [0.25, 0.3) is 0 Å². The van der Waals surface area contributed by atoms with E-state index in [0.717, 1.165) is 5.92 Å². The number of nitrogens with one attached hydrogen (secondary N) is 1. The lowest BCUT2D eigenvalue weighted by molar-refractivity contribution is 0.376. The van der Waals surface area contributed by atoms with Crippen LogP contribution in [0.3, 0.4) is 0 Å². The predicted molar refractivity (Wildman–Crippen MR) is 47.7 cm³/mol. The van der Waals surface area contributed by atoms with Gasteiger partial charge >= 0.3 is 0 Å². The largest absolute Gasteiger partial charge is 0.271 e. The van der Waals surface area contributed by atoms with Crippen molar-refractivity contribution >= 4 is 0 Å². The molecule has 11 heavy (non-hydrogen) atoms. The van der Waals surface area contributed by atoms with Gasteiger partial charge in [0.2, 0.25) is 0 Å². The molecule has 0 aromatic carbocycles. The lowest BCUT2D eigenvalue weighted by atomic mass is 9.90. The van der Waals surface area contributed by atoms with Gasteiger partial charge in [0.1, 0.15) is 0 Å². The first kappa shape index (κ1) is 9.01. The molecule has 1 aliphatic rings. The minimum Gasteiger partial charge on any atom is -0.271 e. The van der Waals surface area contributed by atoms with E-state index in [9.17, 15) is 0 Å². The van der Waals surface area contributed by atoms with Gasteiger partial charge in [-0.2, -0.15) is 0 Å². The lowest BCUT2D eigenvalue weighted by Crippen LogP contribution is -2.42. The number of rotatable bonds is 3. The Kier molecular flexibility index (Phi) is 3.34. The molecule has 1 rings (SSSR count). The van der Waals surface area contributed by atoms with Crippen LogP contribution in [0, 0.1) is 11.8 Å². The van der Waals surface area contributed by atoms with Crippen molar-refractivity contribution in [3.63, 3.8) is 0 Å². The molecule has 3 N–H and O–H groups in total. The van der Waals surface area contributed by atoms with Gasteiger partial charge < -0.3 is 0 Å². The zero-order valence-corrected chi connectivity index (χ0v) is 7.56. The van der Waals surface area contributed by atoms with Crippen LogP contribution in [0.1, 0.15) is 39.5 Å². The summed E-state index contributed by atoms with van der Waals surface area (Å²) in [5.74, 6) is 7.70. The van der Waals surface area contributed by atoms with E-state index in [4.69, 9.17) is 5.84 Å². The van der Waals surface area contributed by atoms with E-state index in [1.807, 2.05) is 0 Å². The molecule has 0 amide bonds. The second-order valence-corrected chi connectivity index (χ2v) is 3.77. The zero-order valence-electron chi connectivity index (χ0n) is 7.56. The summed E-state index contributed by atoms with van der Waals surface area (Å²) in [6, 6.07) is 0.456. The summed E-state index contributed by atoms with van der Waals surface area (Å²) in [4.78, 5) is 0. The minimum atomic E-state index is 0.456. The molecule has 1 atom stereocenters. The van der Waals surface area contributed by atoms with E-state index in [-0.39, 0.29) is 0 Å². The second kappa shape index (κ2) is 4.07. The fourth-order valence-electron chi connectivity index (χ4n) is 2.06. The van der Waals surface area contributed by atoms with E-state index in [0.29, 0.717) is 6.04 Å². The number of hydrogen-bond acceptors (Lipinski definition) is 2. The van der Waals surface area contributed by atoms with E-state index < -0.39 is 0 Å². The van der Waals surface area contributed by atoms with Crippen LogP contribution < -0.4 is 11.3 Å². The molecule has 0 bridgehead atoms. The van der Waals surface area contributed by atoms with E-state index in [1.54, 1.807) is 0 Å². The van der Waals surface area contributed by atoms with Crippen LogP contribution in [-0.4, -0.2) is 6.04 Å². The topological polar surface area (TPSA) is 38.0 Å². The van der Waals surface area contributed by atoms with Crippen molar-refractivity contribution in [3.05, 3.63) is 5.92 Å². The normalized spacial score (nSPS) is 22.9. The summed E-state index contributed by atoms with van der Waals surface area (Å²) in [6.07, 6.45) is 5.46. The van der Waals surface area contributed by atoms with Gasteiger partial charge in [0.05, 0.1) is 0 Å². The molecular formula is C9H19N2. The molecule has 2 heteroatoms. The molecule has 1 radical (unpaired) electrons. The molecule has 0 aliphatic heterocycles. The molecular weight excluding hydrogens is 136 g/mol. The average Bonchev–Trinajstić information content (AvgIpc) is 2.40. The highest BCUT2D eigenvalue weighted by atomic mass is 15.2. The maximum atomic E-state index is 5.48. The summed E-state index contributed by atoms with van der Waals surface area (Å²) in [6.45, 7) is 4.31. The van der Waals surface area contributed by atoms with Gasteiger partial charge in [-0.15, -0.1) is 0 Å². The molecule has 65 valence electrons. The highest BCUT2D eigenvalue weighted by Crippen LogP contribution is 2.30. The Bertz CT molecular complexity index is 106. The van der Waals surface area contributed by atoms with Crippen LogP contribution in [0.4, 0.5) is 0 Å². The summed E-state index contributed by atoms with van der Waals surface area (Å²) in [7, 11) is 0. The molecule has 0 aromatic rings. The SMILES string of the molecule is C[C](C)C(NN)C1CCCC1. The third-order valence-corrected chi connectivity index (χ3v) is 2.67. The molecule has 0 spiro atoms. The Morgan fingerprint density at radius 3 is 2.27 bits per heavy atom. The molecule has 2 nitrogen and oxygen atoms in total. The molecule has 0 aromatic heterocycles. The van der Waals surface area contributed by atoms with Crippen molar-refractivity contribution in [2.24, 2.45) is 11.8 Å². The second-order valence-electron chi connectivity index (χ2n) is 3.77. The van der Waals surface area contributed by atoms with Gasteiger partial charge in [-0.1, -0.05) is 26.7 Å². The van der Waals surface area contributed by atoms with Gasteiger partial charge in [-0.25, -0.2) is 0 Å². The highest BCUT2D eigenvalue weighted by Gasteiger charge is 2.26. The Morgan fingerprint density at radius 1 is 1.36 bits per heavy atom. The standard InChI is InChI=1S/C9H19N2/c1-7(2)9(11-10)8-5-3-4-6-8/h8-9,11H,3-6,10H2,1-2H3. The van der Waals surface area contributed by atoms with E-state index in [1.165, 1.54) is 31.6 Å². The Hall–Kier alpha value is -0.0800. The highest BCUT2D eigenvalue weighted by molar-refractivity contribution is 4.97. The van der Waals surface area contributed by atoms with Crippen LogP contribution in [0.15, 0.2) is 0 Å². The van der Waals surface area contributed by atoms with Crippen LogP contribution >= 0.6 is 0 Å². The van der Waals surface area contributed by atoms with Gasteiger partial charge in [0.25, 0.3) is 0 Å². The number of hydrazine groups is 1. The van der Waals surface area contributed by atoms with E-state index in [2.05, 4.69) is 19.3 Å². The van der Waals surface area contributed by atoms with Gasteiger partial charge in [0.15, 0.2) is 0 Å². The van der Waals surface area contributed by atoms with Crippen molar-refractivity contribution in [3.8, 4) is 0 Å². The van der Waals surface area contributed by atoms with Crippen LogP contribution in [0.5, 0.6) is 0 Å². The van der Waals surface area contributed by atoms with Crippen molar-refractivity contribution < 1.29 is 0 Å². The zero-order chi connectivity index (χ0) is 8.27. The number of nitrogens with two attached hydrogens (primary N) is 1. The van der Waals surface area contributed by atoms with Gasteiger partial charge in [-0.05, 0) is 24.7 Å². The molecule has 1 aliphatic carbocycles. The van der Waals surface area contributed by atoms with Crippen molar-refractivity contribution in [2.45, 2.75) is 45.6 Å². The lowest BCUT2D eigenvalue weighted by Gasteiger charge is -2.25. The third-order valence-electron chi connectivity index (χ3n) is 2.67. The summed E-state index contributed by atoms with van der Waals surface area (Å²) in [5, 5.41) is 0. The van der Waals surface area contributed by atoms with Crippen LogP contribution in [0.2, 0.25) is 0 Å². The van der Waals surface area contributed by atoms with Crippen molar-refractivity contribution in [1.29, 1.82) is 0 Å². The molecule has 0 heterocycles. The fourth-order valence-corrected chi connectivity index (χ4v) is 2.06. The molecule has 1 unspecified atom stereocenters. The summed E-state index contributed by atoms with van der Waals surface area (Å²) in [5.41, 5.74) is 2.91. The third kappa shape index (κ3) is 2.17. The first-order valence-corrected chi connectivity index (χ1v) is 4.52. The summed E-state index contributed by atoms with van der Waals surface area (Å²) < 4.78 is 0. The first-order valence-electron chi connectivity index (χ1n) is 4.52. The Balaban J connectivity index is 2.40. The average molecular weight is 155 g/mol. The minimum absolute atomic E-state index is 0.456. The van der Waals surface area contributed by atoms with E-state index >= 15 is 0 Å². The predicted octanol–water partition coefficient (Wildman–Crippen LogP) is 1.62. The fraction of sp³-hybridized carbons (Fsp3) is 0.889. The van der Waals surface area contributed by atoms with Crippen molar-refractivity contribution in [1.82, 2.24) is 5.43 Å². The Labute approximate surface area is 69.5 Å². The maximum absolute atomic E-state index is 5.48. The quantitative estimate of drug-likeness (QED) is 0.480. The monoisotopic (exact) mass is 155 g/mol. The summed E-state index contributed by atoms with van der Waals surface area (Å²) >= 11 is 0. The van der Waals surface area contributed by atoms with Gasteiger partial charge in [-0.3, -0.25) is 11.3 Å². The molecule has 1 fully saturated rings. The molecule has 1 saturated carbocycles.